The lowest BCUT2D eigenvalue weighted by Crippen LogP contribution is -2.24. The second kappa shape index (κ2) is 6.09. The van der Waals surface area contributed by atoms with Crippen molar-refractivity contribution in [2.75, 3.05) is 7.11 Å². The Morgan fingerprint density at radius 3 is 2.67 bits per heavy atom. The molecule has 21 heavy (non-hydrogen) atoms. The van der Waals surface area contributed by atoms with E-state index >= 15 is 0 Å². The summed E-state index contributed by atoms with van der Waals surface area (Å²) in [4.78, 5) is 0.0483. The Morgan fingerprint density at radius 1 is 1.38 bits per heavy atom. The van der Waals surface area contributed by atoms with Gasteiger partial charge in [-0.15, -0.1) is 0 Å². The van der Waals surface area contributed by atoms with Gasteiger partial charge >= 0.3 is 0 Å². The Morgan fingerprint density at radius 2 is 2.10 bits per heavy atom. The molecule has 2 rings (SSSR count). The lowest BCUT2D eigenvalue weighted by atomic mass is 10.1. The van der Waals surface area contributed by atoms with Crippen molar-refractivity contribution in [3.63, 3.8) is 0 Å². The van der Waals surface area contributed by atoms with Crippen LogP contribution in [0.3, 0.4) is 0 Å². The van der Waals surface area contributed by atoms with Crippen LogP contribution in [-0.4, -0.2) is 15.5 Å². The van der Waals surface area contributed by atoms with Gasteiger partial charge in [-0.1, -0.05) is 11.6 Å². The third-order valence-electron chi connectivity index (χ3n) is 3.09. The summed E-state index contributed by atoms with van der Waals surface area (Å²) in [5.74, 6) is 0.787. The van der Waals surface area contributed by atoms with Crippen molar-refractivity contribution in [1.82, 2.24) is 4.72 Å². The Hall–Kier alpha value is -1.50. The molecule has 0 saturated carbocycles. The maximum Gasteiger partial charge on any atom is 0.244 e. The molecule has 0 amide bonds. The van der Waals surface area contributed by atoms with Crippen molar-refractivity contribution in [1.29, 1.82) is 0 Å². The molecule has 0 bridgehead atoms. The van der Waals surface area contributed by atoms with Crippen LogP contribution in [0.1, 0.15) is 16.9 Å². The number of sulfonamides is 1. The van der Waals surface area contributed by atoms with E-state index in [1.54, 1.807) is 32.0 Å². The normalized spacial score (nSPS) is 11.6. The van der Waals surface area contributed by atoms with Crippen LogP contribution < -0.4 is 9.46 Å². The van der Waals surface area contributed by atoms with Crippen molar-refractivity contribution in [3.05, 3.63) is 46.4 Å². The third kappa shape index (κ3) is 3.23. The topological polar surface area (TPSA) is 68.5 Å². The van der Waals surface area contributed by atoms with Gasteiger partial charge < -0.3 is 9.15 Å². The number of hydrogen-bond acceptors (Lipinski definition) is 4. The van der Waals surface area contributed by atoms with Gasteiger partial charge in [-0.25, -0.2) is 13.1 Å². The van der Waals surface area contributed by atoms with Crippen LogP contribution >= 0.6 is 11.6 Å². The van der Waals surface area contributed by atoms with E-state index in [0.29, 0.717) is 16.3 Å². The highest BCUT2D eigenvalue weighted by Gasteiger charge is 2.25. The van der Waals surface area contributed by atoms with Crippen LogP contribution in [0.25, 0.3) is 0 Å². The zero-order valence-electron chi connectivity index (χ0n) is 11.9. The maximum atomic E-state index is 12.5. The number of ether oxygens (including phenoxy) is 1. The minimum absolute atomic E-state index is 0.0483. The number of halogens is 1. The van der Waals surface area contributed by atoms with E-state index in [-0.39, 0.29) is 17.2 Å². The van der Waals surface area contributed by atoms with E-state index < -0.39 is 10.0 Å². The lowest BCUT2D eigenvalue weighted by molar-refractivity contribution is 0.401. The molecule has 1 N–H and O–H groups in total. The first-order valence-corrected chi connectivity index (χ1v) is 8.08. The van der Waals surface area contributed by atoms with Gasteiger partial charge in [0.25, 0.3) is 0 Å². The second-order valence-electron chi connectivity index (χ2n) is 4.57. The molecule has 0 spiro atoms. The maximum absolute atomic E-state index is 12.5. The Kier molecular flexibility index (Phi) is 4.61. The average Bonchev–Trinajstić information content (AvgIpc) is 2.95. The molecule has 0 fully saturated rings. The van der Waals surface area contributed by atoms with Crippen molar-refractivity contribution in [2.24, 2.45) is 0 Å². The fourth-order valence-corrected chi connectivity index (χ4v) is 3.64. The molecule has 7 heteroatoms. The van der Waals surface area contributed by atoms with Gasteiger partial charge in [-0.05, 0) is 43.2 Å². The molecule has 114 valence electrons. The average molecular weight is 330 g/mol. The first-order chi connectivity index (χ1) is 9.86. The lowest BCUT2D eigenvalue weighted by Gasteiger charge is -2.15. The predicted octanol–water partition coefficient (Wildman–Crippen LogP) is 3.04. The third-order valence-corrected chi connectivity index (χ3v) is 5.24. The van der Waals surface area contributed by atoms with Crippen molar-refractivity contribution >= 4 is 21.6 Å². The van der Waals surface area contributed by atoms with Gasteiger partial charge in [-0.3, -0.25) is 0 Å². The molecule has 0 aliphatic heterocycles. The molecular formula is C14H16ClNO4S. The summed E-state index contributed by atoms with van der Waals surface area (Å²) < 4.78 is 37.8. The quantitative estimate of drug-likeness (QED) is 0.915. The Balaban J connectivity index is 2.41. The summed E-state index contributed by atoms with van der Waals surface area (Å²) in [5.41, 5.74) is 1.22. The molecule has 0 aliphatic carbocycles. The number of aryl methyl sites for hydroxylation is 1. The Bertz CT molecular complexity index is 739. The van der Waals surface area contributed by atoms with Crippen LogP contribution in [0.5, 0.6) is 5.75 Å². The van der Waals surface area contributed by atoms with Gasteiger partial charge in [0.15, 0.2) is 0 Å². The van der Waals surface area contributed by atoms with E-state index in [1.807, 2.05) is 0 Å². The smallest absolute Gasteiger partial charge is 0.244 e. The molecule has 1 aromatic heterocycles. The van der Waals surface area contributed by atoms with Crippen LogP contribution in [0.4, 0.5) is 0 Å². The predicted molar refractivity (Wildman–Crippen MR) is 80.2 cm³/mol. The van der Waals surface area contributed by atoms with Gasteiger partial charge in [0.2, 0.25) is 10.0 Å². The van der Waals surface area contributed by atoms with E-state index in [4.69, 9.17) is 20.8 Å². The summed E-state index contributed by atoms with van der Waals surface area (Å²) in [6.45, 7) is 3.51. The summed E-state index contributed by atoms with van der Waals surface area (Å²) in [7, 11) is -2.34. The number of furan rings is 1. The van der Waals surface area contributed by atoms with Crippen LogP contribution in [0, 0.1) is 13.8 Å². The van der Waals surface area contributed by atoms with Gasteiger partial charge in [0.05, 0.1) is 19.9 Å². The SMILES string of the molecule is COc1cc(C)c(Cl)c(C)c1S(=O)(=O)NCc1ccco1. The zero-order valence-corrected chi connectivity index (χ0v) is 13.5. The Labute approximate surface area is 128 Å². The second-order valence-corrected chi connectivity index (χ2v) is 6.65. The molecule has 0 atom stereocenters. The fourth-order valence-electron chi connectivity index (χ4n) is 2.04. The van der Waals surface area contributed by atoms with Crippen molar-refractivity contribution in [3.8, 4) is 5.75 Å². The first-order valence-electron chi connectivity index (χ1n) is 6.22. The molecule has 0 unspecified atom stereocenters. The number of nitrogens with one attached hydrogen (secondary N) is 1. The zero-order chi connectivity index (χ0) is 15.6. The van der Waals surface area contributed by atoms with Gasteiger partial charge in [0, 0.05) is 5.02 Å². The molecule has 0 aliphatic rings. The minimum Gasteiger partial charge on any atom is -0.495 e. The van der Waals surface area contributed by atoms with Crippen LogP contribution in [0.15, 0.2) is 33.8 Å². The van der Waals surface area contributed by atoms with E-state index in [2.05, 4.69) is 4.72 Å². The highest BCUT2D eigenvalue weighted by molar-refractivity contribution is 7.89. The van der Waals surface area contributed by atoms with Crippen molar-refractivity contribution in [2.45, 2.75) is 25.3 Å². The number of hydrogen-bond donors (Lipinski definition) is 1. The highest BCUT2D eigenvalue weighted by Crippen LogP contribution is 2.34. The fraction of sp³-hybridized carbons (Fsp3) is 0.286. The van der Waals surface area contributed by atoms with Gasteiger partial charge in [0.1, 0.15) is 16.4 Å². The minimum atomic E-state index is -3.77. The standard InChI is InChI=1S/C14H16ClNO4S/c1-9-7-12(19-3)14(10(2)13(9)15)21(17,18)16-8-11-5-4-6-20-11/h4-7,16H,8H2,1-3H3. The molecule has 5 nitrogen and oxygen atoms in total. The largest absolute Gasteiger partial charge is 0.495 e. The number of methoxy groups -OCH3 is 1. The first kappa shape index (κ1) is 15.9. The van der Waals surface area contributed by atoms with E-state index in [1.165, 1.54) is 13.4 Å². The van der Waals surface area contributed by atoms with Crippen LogP contribution in [0.2, 0.25) is 5.02 Å². The summed E-state index contributed by atoms with van der Waals surface area (Å²) in [6, 6.07) is 4.99. The van der Waals surface area contributed by atoms with E-state index in [0.717, 1.165) is 5.56 Å². The number of rotatable bonds is 5. The number of benzene rings is 1. The van der Waals surface area contributed by atoms with Crippen LogP contribution in [-0.2, 0) is 16.6 Å². The molecule has 0 radical (unpaired) electrons. The van der Waals surface area contributed by atoms with Gasteiger partial charge in [-0.2, -0.15) is 0 Å². The molecule has 1 aromatic carbocycles. The summed E-state index contributed by atoms with van der Waals surface area (Å²) >= 11 is 6.15. The summed E-state index contributed by atoms with van der Waals surface area (Å²) in [6.07, 6.45) is 1.48. The molecular weight excluding hydrogens is 314 g/mol. The summed E-state index contributed by atoms with van der Waals surface area (Å²) in [5, 5.41) is 0.411. The highest BCUT2D eigenvalue weighted by atomic mass is 35.5. The van der Waals surface area contributed by atoms with Crippen molar-refractivity contribution < 1.29 is 17.6 Å². The van der Waals surface area contributed by atoms with E-state index in [9.17, 15) is 8.42 Å². The molecule has 0 saturated heterocycles. The monoisotopic (exact) mass is 329 g/mol. The molecule has 2 aromatic rings. The molecule has 1 heterocycles.